The first kappa shape index (κ1) is 18.0. The number of carbonyl (C=O) groups excluding carboxylic acids is 1. The number of rotatable bonds is 5. The molecule has 0 saturated carbocycles. The molecule has 1 amide bonds. The van der Waals surface area contributed by atoms with Gasteiger partial charge in [-0.1, -0.05) is 12.5 Å². The van der Waals surface area contributed by atoms with Gasteiger partial charge in [0.15, 0.2) is 0 Å². The highest BCUT2D eigenvalue weighted by Gasteiger charge is 2.47. The van der Waals surface area contributed by atoms with Crippen LogP contribution in [0.1, 0.15) is 24.3 Å². The van der Waals surface area contributed by atoms with Crippen LogP contribution in [0.4, 0.5) is 0 Å². The van der Waals surface area contributed by atoms with Crippen molar-refractivity contribution in [1.29, 1.82) is 5.41 Å². The van der Waals surface area contributed by atoms with Gasteiger partial charge in [-0.15, -0.1) is 17.9 Å². The van der Waals surface area contributed by atoms with E-state index in [-0.39, 0.29) is 17.9 Å². The number of hydrogen-bond donors (Lipinski definition) is 2. The van der Waals surface area contributed by atoms with Crippen LogP contribution in [0, 0.1) is 23.8 Å². The Balaban J connectivity index is 2.00. The van der Waals surface area contributed by atoms with Crippen LogP contribution in [0.5, 0.6) is 0 Å². The first-order valence-corrected chi connectivity index (χ1v) is 8.96. The van der Waals surface area contributed by atoms with Crippen LogP contribution in [0.15, 0.2) is 42.8 Å². The van der Waals surface area contributed by atoms with Crippen molar-refractivity contribution >= 4 is 23.5 Å². The number of allylic oxidation sites excluding steroid dienone is 1. The summed E-state index contributed by atoms with van der Waals surface area (Å²) < 4.78 is 0. The van der Waals surface area contributed by atoms with E-state index in [1.54, 1.807) is 36.7 Å². The van der Waals surface area contributed by atoms with Crippen molar-refractivity contribution < 1.29 is 4.79 Å². The predicted molar refractivity (Wildman–Crippen MR) is 102 cm³/mol. The molecule has 2 unspecified atom stereocenters. The summed E-state index contributed by atoms with van der Waals surface area (Å²) in [7, 11) is 0. The molecule has 0 aliphatic carbocycles. The Labute approximate surface area is 156 Å². The summed E-state index contributed by atoms with van der Waals surface area (Å²) in [6.07, 6.45) is 13.9. The van der Waals surface area contributed by atoms with E-state index < -0.39 is 5.66 Å². The number of amides is 1. The van der Waals surface area contributed by atoms with E-state index in [4.69, 9.17) is 11.8 Å². The maximum absolute atomic E-state index is 13.0. The minimum atomic E-state index is -1.03. The highest BCUT2D eigenvalue weighted by atomic mass is 32.1. The number of hydrogen-bond acceptors (Lipinski definition) is 6. The van der Waals surface area contributed by atoms with E-state index in [0.29, 0.717) is 6.42 Å². The molecule has 1 saturated heterocycles. The van der Waals surface area contributed by atoms with Crippen LogP contribution in [-0.4, -0.2) is 32.7 Å². The van der Waals surface area contributed by atoms with Gasteiger partial charge in [0, 0.05) is 35.1 Å². The van der Waals surface area contributed by atoms with Crippen molar-refractivity contribution in [3.05, 3.63) is 47.7 Å². The van der Waals surface area contributed by atoms with Crippen LogP contribution in [0.2, 0.25) is 0 Å². The lowest BCUT2D eigenvalue weighted by Gasteiger charge is -2.46. The van der Waals surface area contributed by atoms with Gasteiger partial charge in [-0.2, -0.15) is 0 Å². The lowest BCUT2D eigenvalue weighted by atomic mass is 9.87. The monoisotopic (exact) mass is 365 g/mol. The molecule has 3 heterocycles. The van der Waals surface area contributed by atoms with Crippen molar-refractivity contribution in [1.82, 2.24) is 20.2 Å². The fraction of sp³-hybridized carbons (Fsp3) is 0.263. The fourth-order valence-electron chi connectivity index (χ4n) is 3.12. The summed E-state index contributed by atoms with van der Waals surface area (Å²) in [5.74, 6) is -0.560. The molecule has 2 aromatic heterocycles. The molecule has 0 spiro atoms. The Kier molecular flexibility index (Phi) is 4.98. The summed E-state index contributed by atoms with van der Waals surface area (Å²) in [4.78, 5) is 23.3. The zero-order valence-corrected chi connectivity index (χ0v) is 15.2. The van der Waals surface area contributed by atoms with Crippen molar-refractivity contribution in [2.75, 3.05) is 0 Å². The van der Waals surface area contributed by atoms with Gasteiger partial charge in [0.05, 0.1) is 12.0 Å². The standard InChI is InChI=1S/C19H19N5OS/c1-4-6-15-17(23-19(3,11-20)24(5-2)18(15)25)16-7-13(10-26-16)14-8-21-12-22-9-14/h2,4,7-12,15,17,20,23H,1,6H2,3H3/t15-,17?,19?/m1/s1. The lowest BCUT2D eigenvalue weighted by Crippen LogP contribution is -2.66. The minimum absolute atomic E-state index is 0.180. The number of carbonyl (C=O) groups is 1. The minimum Gasteiger partial charge on any atom is -0.309 e. The van der Waals surface area contributed by atoms with E-state index in [0.717, 1.165) is 16.0 Å². The summed E-state index contributed by atoms with van der Waals surface area (Å²) in [6.45, 7) is 5.50. The molecule has 6 nitrogen and oxygen atoms in total. The molecule has 7 heteroatoms. The van der Waals surface area contributed by atoms with Gasteiger partial charge in [0.1, 0.15) is 12.0 Å². The predicted octanol–water partition coefficient (Wildman–Crippen LogP) is 2.83. The molecule has 0 aromatic carbocycles. The molecular formula is C19H19N5OS. The van der Waals surface area contributed by atoms with Gasteiger partial charge in [-0.05, 0) is 30.4 Å². The van der Waals surface area contributed by atoms with Crippen LogP contribution >= 0.6 is 11.3 Å². The smallest absolute Gasteiger partial charge is 0.241 e. The number of nitrogens with one attached hydrogen (secondary N) is 2. The first-order chi connectivity index (χ1) is 12.5. The van der Waals surface area contributed by atoms with Crippen molar-refractivity contribution in [3.63, 3.8) is 0 Å². The Morgan fingerprint density at radius 2 is 2.23 bits per heavy atom. The number of aromatic nitrogens is 2. The molecule has 2 N–H and O–H groups in total. The second-order valence-corrected chi connectivity index (χ2v) is 7.16. The summed E-state index contributed by atoms with van der Waals surface area (Å²) >= 11 is 1.55. The van der Waals surface area contributed by atoms with E-state index in [1.165, 1.54) is 17.4 Å². The Bertz CT molecular complexity index is 872. The second kappa shape index (κ2) is 7.20. The highest BCUT2D eigenvalue weighted by Crippen LogP contribution is 2.39. The molecular weight excluding hydrogens is 346 g/mol. The maximum Gasteiger partial charge on any atom is 0.241 e. The third kappa shape index (κ3) is 3.05. The molecule has 1 fully saturated rings. The largest absolute Gasteiger partial charge is 0.309 e. The van der Waals surface area contributed by atoms with E-state index >= 15 is 0 Å². The number of terminal acetylenes is 1. The Hall–Kier alpha value is -2.82. The molecule has 0 radical (unpaired) electrons. The average molecular weight is 365 g/mol. The number of nitrogens with zero attached hydrogens (tertiary/aromatic N) is 3. The molecule has 0 bridgehead atoms. The van der Waals surface area contributed by atoms with Gasteiger partial charge >= 0.3 is 0 Å². The second-order valence-electron chi connectivity index (χ2n) is 6.21. The van der Waals surface area contributed by atoms with Crippen molar-refractivity contribution in [2.45, 2.75) is 25.0 Å². The van der Waals surface area contributed by atoms with Gasteiger partial charge < -0.3 is 5.41 Å². The highest BCUT2D eigenvalue weighted by molar-refractivity contribution is 7.10. The van der Waals surface area contributed by atoms with Crippen molar-refractivity contribution in [3.8, 4) is 23.6 Å². The quantitative estimate of drug-likeness (QED) is 0.485. The zero-order valence-electron chi connectivity index (χ0n) is 14.3. The lowest BCUT2D eigenvalue weighted by molar-refractivity contribution is -0.141. The Morgan fingerprint density at radius 3 is 2.85 bits per heavy atom. The molecule has 132 valence electrons. The first-order valence-electron chi connectivity index (χ1n) is 8.08. The van der Waals surface area contributed by atoms with Crippen LogP contribution in [-0.2, 0) is 4.79 Å². The average Bonchev–Trinajstić information content (AvgIpc) is 3.15. The van der Waals surface area contributed by atoms with E-state index in [2.05, 4.69) is 27.9 Å². The molecule has 26 heavy (non-hydrogen) atoms. The van der Waals surface area contributed by atoms with Crippen molar-refractivity contribution in [2.24, 2.45) is 5.92 Å². The normalized spacial score (nSPS) is 25.5. The third-order valence-corrected chi connectivity index (χ3v) is 5.52. The summed E-state index contributed by atoms with van der Waals surface area (Å²) in [6, 6.07) is 4.17. The summed E-state index contributed by atoms with van der Waals surface area (Å²) in [5.41, 5.74) is 0.874. The van der Waals surface area contributed by atoms with Gasteiger partial charge in [-0.25, -0.2) is 14.9 Å². The molecule has 1 aliphatic rings. The van der Waals surface area contributed by atoms with Crippen LogP contribution in [0.3, 0.4) is 0 Å². The third-order valence-electron chi connectivity index (χ3n) is 4.50. The van der Waals surface area contributed by atoms with Crippen LogP contribution in [0.25, 0.3) is 11.1 Å². The van der Waals surface area contributed by atoms with Gasteiger partial charge in [0.2, 0.25) is 5.91 Å². The fourth-order valence-corrected chi connectivity index (χ4v) is 4.15. The van der Waals surface area contributed by atoms with E-state index in [9.17, 15) is 4.79 Å². The zero-order chi connectivity index (χ0) is 18.7. The molecule has 2 aromatic rings. The number of thiophene rings is 1. The summed E-state index contributed by atoms with van der Waals surface area (Å²) in [5, 5.41) is 13.2. The molecule has 3 atom stereocenters. The topological polar surface area (TPSA) is 82.0 Å². The molecule has 3 rings (SSSR count). The SMILES string of the molecule is C#CN1C(=O)[C@H](CC=C)C(c2cc(-c3cncnc3)cs2)NC1(C)C=N. The maximum atomic E-state index is 13.0. The van der Waals surface area contributed by atoms with Crippen LogP contribution < -0.4 is 5.32 Å². The van der Waals surface area contributed by atoms with E-state index in [1.807, 2.05) is 11.4 Å². The van der Waals surface area contributed by atoms with Gasteiger partial charge in [-0.3, -0.25) is 10.1 Å². The molecule has 1 aliphatic heterocycles. The Morgan fingerprint density at radius 1 is 1.50 bits per heavy atom. The van der Waals surface area contributed by atoms with Gasteiger partial charge in [0.25, 0.3) is 0 Å².